The van der Waals surface area contributed by atoms with Gasteiger partial charge < -0.3 is 15.0 Å². The number of rotatable bonds is 6. The van der Waals surface area contributed by atoms with Gasteiger partial charge in [0.1, 0.15) is 5.75 Å². The standard InChI is InChI=1S/C22H29N3O2/c1-4-24(5-2)19-13-14-25(16-19)22(26)23-18-10-8-9-17(15-18)20-11-6-7-12-21(20)27-3/h6-12,15,19H,4-5,13-14,16H2,1-3H3,(H,23,26)/t19-/m0/s1. The third-order valence-electron chi connectivity index (χ3n) is 5.31. The van der Waals surface area contributed by atoms with Crippen molar-refractivity contribution >= 4 is 11.7 Å². The van der Waals surface area contributed by atoms with Crippen molar-refractivity contribution < 1.29 is 9.53 Å². The van der Waals surface area contributed by atoms with Crippen LogP contribution in [0.15, 0.2) is 48.5 Å². The number of likely N-dealkylation sites (tertiary alicyclic amines) is 1. The molecule has 1 N–H and O–H groups in total. The number of amides is 2. The highest BCUT2D eigenvalue weighted by Gasteiger charge is 2.29. The Hall–Kier alpha value is -2.53. The van der Waals surface area contributed by atoms with Crippen molar-refractivity contribution in [2.75, 3.05) is 38.6 Å². The maximum absolute atomic E-state index is 12.7. The van der Waals surface area contributed by atoms with E-state index in [-0.39, 0.29) is 6.03 Å². The summed E-state index contributed by atoms with van der Waals surface area (Å²) in [6, 6.07) is 16.2. The Bertz CT molecular complexity index is 774. The normalized spacial score (nSPS) is 16.6. The number of ether oxygens (including phenoxy) is 1. The maximum Gasteiger partial charge on any atom is 0.321 e. The van der Waals surface area contributed by atoms with Gasteiger partial charge in [-0.1, -0.05) is 44.2 Å². The van der Waals surface area contributed by atoms with Crippen molar-refractivity contribution in [1.82, 2.24) is 9.80 Å². The van der Waals surface area contributed by atoms with Gasteiger partial charge in [0.25, 0.3) is 0 Å². The van der Waals surface area contributed by atoms with E-state index in [9.17, 15) is 4.79 Å². The predicted molar refractivity (Wildman–Crippen MR) is 110 cm³/mol. The quantitative estimate of drug-likeness (QED) is 0.827. The Labute approximate surface area is 161 Å². The molecule has 0 saturated carbocycles. The van der Waals surface area contributed by atoms with Crippen LogP contribution in [0.2, 0.25) is 0 Å². The first-order valence-electron chi connectivity index (χ1n) is 9.69. The number of benzene rings is 2. The number of urea groups is 1. The number of para-hydroxylation sites is 1. The lowest BCUT2D eigenvalue weighted by molar-refractivity contribution is 0.202. The molecule has 144 valence electrons. The highest BCUT2D eigenvalue weighted by Crippen LogP contribution is 2.31. The maximum atomic E-state index is 12.7. The molecular weight excluding hydrogens is 338 g/mol. The molecule has 0 bridgehead atoms. The fourth-order valence-electron chi connectivity index (χ4n) is 3.81. The second kappa shape index (κ2) is 8.91. The molecule has 5 nitrogen and oxygen atoms in total. The Morgan fingerprint density at radius 1 is 1.19 bits per heavy atom. The molecule has 0 unspecified atom stereocenters. The number of anilines is 1. The van der Waals surface area contributed by atoms with Crippen molar-refractivity contribution in [2.24, 2.45) is 0 Å². The molecule has 27 heavy (non-hydrogen) atoms. The van der Waals surface area contributed by atoms with Gasteiger partial charge in [0.2, 0.25) is 0 Å². The number of likely N-dealkylation sites (N-methyl/N-ethyl adjacent to an activating group) is 1. The molecule has 2 aromatic rings. The van der Waals surface area contributed by atoms with Crippen LogP contribution in [-0.2, 0) is 0 Å². The van der Waals surface area contributed by atoms with E-state index < -0.39 is 0 Å². The molecule has 1 heterocycles. The first-order chi connectivity index (χ1) is 13.2. The zero-order valence-electron chi connectivity index (χ0n) is 16.4. The van der Waals surface area contributed by atoms with Crippen molar-refractivity contribution in [3.05, 3.63) is 48.5 Å². The molecule has 1 atom stereocenters. The van der Waals surface area contributed by atoms with E-state index in [2.05, 4.69) is 24.1 Å². The molecule has 2 amide bonds. The Kier molecular flexibility index (Phi) is 6.35. The van der Waals surface area contributed by atoms with Crippen LogP contribution < -0.4 is 10.1 Å². The van der Waals surface area contributed by atoms with Gasteiger partial charge in [-0.25, -0.2) is 4.79 Å². The largest absolute Gasteiger partial charge is 0.496 e. The number of carbonyl (C=O) groups excluding carboxylic acids is 1. The lowest BCUT2D eigenvalue weighted by Crippen LogP contribution is -2.39. The third kappa shape index (κ3) is 4.42. The van der Waals surface area contributed by atoms with Crippen LogP contribution in [0.3, 0.4) is 0 Å². The minimum Gasteiger partial charge on any atom is -0.496 e. The molecule has 1 fully saturated rings. The van der Waals surface area contributed by atoms with E-state index in [1.807, 2.05) is 53.4 Å². The molecule has 0 spiro atoms. The number of hydrogen-bond acceptors (Lipinski definition) is 3. The number of nitrogens with zero attached hydrogens (tertiary/aromatic N) is 2. The summed E-state index contributed by atoms with van der Waals surface area (Å²) in [5.74, 6) is 0.822. The molecule has 1 aliphatic heterocycles. The fraction of sp³-hybridized carbons (Fsp3) is 0.409. The second-order valence-corrected chi connectivity index (χ2v) is 6.82. The van der Waals surface area contributed by atoms with Gasteiger partial charge in [0.15, 0.2) is 0 Å². The summed E-state index contributed by atoms with van der Waals surface area (Å²) in [5.41, 5.74) is 2.83. The van der Waals surface area contributed by atoms with E-state index in [0.717, 1.165) is 55.2 Å². The summed E-state index contributed by atoms with van der Waals surface area (Å²) in [6.07, 6.45) is 1.04. The molecule has 2 aromatic carbocycles. The molecule has 1 saturated heterocycles. The van der Waals surface area contributed by atoms with Crippen LogP contribution in [0.4, 0.5) is 10.5 Å². The molecule has 1 aliphatic rings. The summed E-state index contributed by atoms with van der Waals surface area (Å²) in [7, 11) is 1.67. The summed E-state index contributed by atoms with van der Waals surface area (Å²) < 4.78 is 5.46. The van der Waals surface area contributed by atoms with E-state index in [4.69, 9.17) is 4.74 Å². The second-order valence-electron chi connectivity index (χ2n) is 6.82. The summed E-state index contributed by atoms with van der Waals surface area (Å²) in [6.45, 7) is 8.00. The average Bonchev–Trinajstić information content (AvgIpc) is 3.19. The third-order valence-corrected chi connectivity index (χ3v) is 5.31. The van der Waals surface area contributed by atoms with Gasteiger partial charge in [0.05, 0.1) is 7.11 Å². The average molecular weight is 367 g/mol. The van der Waals surface area contributed by atoms with E-state index in [0.29, 0.717) is 6.04 Å². The van der Waals surface area contributed by atoms with Crippen molar-refractivity contribution in [3.63, 3.8) is 0 Å². The molecule has 0 radical (unpaired) electrons. The fourth-order valence-corrected chi connectivity index (χ4v) is 3.81. The lowest BCUT2D eigenvalue weighted by atomic mass is 10.0. The van der Waals surface area contributed by atoms with Crippen LogP contribution in [0, 0.1) is 0 Å². The Morgan fingerprint density at radius 2 is 1.96 bits per heavy atom. The first-order valence-corrected chi connectivity index (χ1v) is 9.69. The minimum absolute atomic E-state index is 0.0261. The SMILES string of the molecule is CCN(CC)[C@H]1CCN(C(=O)Nc2cccc(-c3ccccc3OC)c2)C1. The lowest BCUT2D eigenvalue weighted by Gasteiger charge is -2.26. The highest BCUT2D eigenvalue weighted by atomic mass is 16.5. The molecular formula is C22H29N3O2. The van der Waals surface area contributed by atoms with Gasteiger partial charge in [0, 0.05) is 30.4 Å². The Morgan fingerprint density at radius 3 is 2.70 bits per heavy atom. The number of methoxy groups -OCH3 is 1. The smallest absolute Gasteiger partial charge is 0.321 e. The molecule has 0 aliphatic carbocycles. The minimum atomic E-state index is -0.0261. The monoisotopic (exact) mass is 367 g/mol. The zero-order valence-corrected chi connectivity index (χ0v) is 16.4. The zero-order chi connectivity index (χ0) is 19.2. The highest BCUT2D eigenvalue weighted by molar-refractivity contribution is 5.90. The Balaban J connectivity index is 1.69. The van der Waals surface area contributed by atoms with Crippen molar-refractivity contribution in [3.8, 4) is 16.9 Å². The molecule has 0 aromatic heterocycles. The van der Waals surface area contributed by atoms with E-state index in [1.54, 1.807) is 7.11 Å². The number of carbonyl (C=O) groups is 1. The van der Waals surface area contributed by atoms with Crippen LogP contribution >= 0.6 is 0 Å². The van der Waals surface area contributed by atoms with Crippen LogP contribution in [0.5, 0.6) is 5.75 Å². The van der Waals surface area contributed by atoms with Crippen LogP contribution in [0.25, 0.3) is 11.1 Å². The van der Waals surface area contributed by atoms with Crippen molar-refractivity contribution in [1.29, 1.82) is 0 Å². The van der Waals surface area contributed by atoms with E-state index in [1.165, 1.54) is 0 Å². The van der Waals surface area contributed by atoms with Gasteiger partial charge in [-0.15, -0.1) is 0 Å². The van der Waals surface area contributed by atoms with Crippen LogP contribution in [0.1, 0.15) is 20.3 Å². The summed E-state index contributed by atoms with van der Waals surface area (Å²) in [4.78, 5) is 17.0. The van der Waals surface area contributed by atoms with Crippen molar-refractivity contribution in [2.45, 2.75) is 26.3 Å². The topological polar surface area (TPSA) is 44.8 Å². The van der Waals surface area contributed by atoms with Gasteiger partial charge in [-0.05, 0) is 43.3 Å². The summed E-state index contributed by atoms with van der Waals surface area (Å²) >= 11 is 0. The van der Waals surface area contributed by atoms with Crippen LogP contribution in [-0.4, -0.2) is 55.2 Å². The van der Waals surface area contributed by atoms with Gasteiger partial charge in [-0.2, -0.15) is 0 Å². The first kappa shape index (κ1) is 19.2. The predicted octanol–water partition coefficient (Wildman–Crippen LogP) is 4.31. The number of hydrogen-bond donors (Lipinski definition) is 1. The van der Waals surface area contributed by atoms with E-state index >= 15 is 0 Å². The molecule has 3 rings (SSSR count). The summed E-state index contributed by atoms with van der Waals surface area (Å²) in [5, 5.41) is 3.05. The van der Waals surface area contributed by atoms with Gasteiger partial charge in [-0.3, -0.25) is 4.90 Å². The van der Waals surface area contributed by atoms with Gasteiger partial charge >= 0.3 is 6.03 Å². The number of nitrogens with one attached hydrogen (secondary N) is 1. The molecule has 5 heteroatoms.